The molecule has 0 amide bonds. The average Bonchev–Trinajstić information content (AvgIpc) is 3.40. The first-order valence-electron chi connectivity index (χ1n) is 11.6. The maximum atomic E-state index is 14.5. The van der Waals surface area contributed by atoms with Gasteiger partial charge in [-0.1, -0.05) is 11.6 Å². The molecule has 0 radical (unpaired) electrons. The molecule has 0 saturated carbocycles. The van der Waals surface area contributed by atoms with E-state index in [0.29, 0.717) is 33.1 Å². The average molecular weight is 501 g/mol. The predicted octanol–water partition coefficient (Wildman–Crippen LogP) is 5.03. The summed E-state index contributed by atoms with van der Waals surface area (Å²) in [7, 11) is 0. The van der Waals surface area contributed by atoms with E-state index >= 15 is 0 Å². The van der Waals surface area contributed by atoms with Crippen molar-refractivity contribution in [1.29, 1.82) is 0 Å². The van der Waals surface area contributed by atoms with E-state index in [1.54, 1.807) is 18.5 Å². The zero-order chi connectivity index (χ0) is 24.5. The van der Waals surface area contributed by atoms with Crippen LogP contribution in [-0.2, 0) is 0 Å². The van der Waals surface area contributed by atoms with Gasteiger partial charge in [-0.25, -0.2) is 14.4 Å². The number of aromatic amines is 1. The third kappa shape index (κ3) is 4.46. The molecule has 0 unspecified atom stereocenters. The first-order chi connectivity index (χ1) is 17.6. The molecule has 5 aromatic rings. The Morgan fingerprint density at radius 1 is 0.917 bits per heavy atom. The molecule has 6 rings (SSSR count). The second kappa shape index (κ2) is 9.52. The van der Waals surface area contributed by atoms with Gasteiger partial charge in [0.2, 0.25) is 0 Å². The van der Waals surface area contributed by atoms with E-state index < -0.39 is 5.82 Å². The van der Waals surface area contributed by atoms with Crippen molar-refractivity contribution in [2.75, 3.05) is 36.4 Å². The maximum Gasteiger partial charge on any atom is 0.132 e. The van der Waals surface area contributed by atoms with Crippen LogP contribution in [0, 0.1) is 5.82 Å². The second-order valence-corrected chi connectivity index (χ2v) is 8.93. The number of benzene rings is 1. The summed E-state index contributed by atoms with van der Waals surface area (Å²) in [6, 6.07) is 14.1. The highest BCUT2D eigenvalue weighted by atomic mass is 35.5. The number of pyridine rings is 3. The highest BCUT2D eigenvalue weighted by Gasteiger charge is 2.17. The summed E-state index contributed by atoms with van der Waals surface area (Å²) < 4.78 is 14.5. The molecular weight excluding hydrogens is 479 g/mol. The van der Waals surface area contributed by atoms with Crippen LogP contribution in [0.15, 0.2) is 67.1 Å². The van der Waals surface area contributed by atoms with Crippen LogP contribution in [0.3, 0.4) is 0 Å². The van der Waals surface area contributed by atoms with Gasteiger partial charge in [-0.05, 0) is 48.5 Å². The molecule has 1 aliphatic heterocycles. The summed E-state index contributed by atoms with van der Waals surface area (Å²) in [5.41, 5.74) is 5.37. The monoisotopic (exact) mass is 500 g/mol. The number of H-pyrrole nitrogens is 1. The van der Waals surface area contributed by atoms with Crippen molar-refractivity contribution in [2.45, 2.75) is 0 Å². The van der Waals surface area contributed by atoms with E-state index in [9.17, 15) is 4.39 Å². The first kappa shape index (κ1) is 22.4. The lowest BCUT2D eigenvalue weighted by Crippen LogP contribution is -2.43. The zero-order valence-corrected chi connectivity index (χ0v) is 19.9. The summed E-state index contributed by atoms with van der Waals surface area (Å²) in [5, 5.41) is 14.2. The number of aromatic nitrogens is 5. The molecule has 1 fully saturated rings. The number of piperazine rings is 1. The lowest BCUT2D eigenvalue weighted by Gasteiger charge is -2.29. The molecule has 36 heavy (non-hydrogen) atoms. The van der Waals surface area contributed by atoms with Crippen LogP contribution >= 0.6 is 11.6 Å². The van der Waals surface area contributed by atoms with Gasteiger partial charge in [0, 0.05) is 48.5 Å². The maximum absolute atomic E-state index is 14.5. The lowest BCUT2D eigenvalue weighted by molar-refractivity contribution is 0.589. The van der Waals surface area contributed by atoms with Crippen LogP contribution in [0.25, 0.3) is 33.5 Å². The zero-order valence-electron chi connectivity index (χ0n) is 19.2. The van der Waals surface area contributed by atoms with Gasteiger partial charge in [0.25, 0.3) is 0 Å². The van der Waals surface area contributed by atoms with Crippen LogP contribution in [0.5, 0.6) is 0 Å². The van der Waals surface area contributed by atoms with Crippen molar-refractivity contribution in [2.24, 2.45) is 0 Å². The van der Waals surface area contributed by atoms with E-state index in [2.05, 4.69) is 41.8 Å². The summed E-state index contributed by atoms with van der Waals surface area (Å²) >= 11 is 6.10. The Kier molecular flexibility index (Phi) is 5.92. The minimum atomic E-state index is -0.405. The predicted molar refractivity (Wildman–Crippen MR) is 140 cm³/mol. The van der Waals surface area contributed by atoms with Crippen LogP contribution in [0.4, 0.5) is 21.6 Å². The smallest absolute Gasteiger partial charge is 0.132 e. The minimum Gasteiger partial charge on any atom is -0.368 e. The highest BCUT2D eigenvalue weighted by Crippen LogP contribution is 2.33. The number of hydrogen-bond donors (Lipinski definition) is 3. The molecule has 4 aromatic heterocycles. The molecule has 5 heterocycles. The number of nitrogens with one attached hydrogen (secondary N) is 3. The van der Waals surface area contributed by atoms with E-state index in [1.807, 2.05) is 30.5 Å². The van der Waals surface area contributed by atoms with Gasteiger partial charge in [-0.15, -0.1) is 0 Å². The topological polar surface area (TPSA) is 94.7 Å². The van der Waals surface area contributed by atoms with Crippen molar-refractivity contribution in [3.8, 4) is 22.5 Å². The number of anilines is 3. The number of halogens is 2. The van der Waals surface area contributed by atoms with E-state index in [1.165, 1.54) is 12.1 Å². The van der Waals surface area contributed by atoms with Crippen molar-refractivity contribution in [1.82, 2.24) is 30.5 Å². The largest absolute Gasteiger partial charge is 0.368 e. The standard InChI is InChI=1S/C26H22ClFN8/c27-16-1-3-21(28)19(11-16)26-20(15-32-35-26)22-4-5-23-24(34-22)12-17(13-30-23)33-25-6-2-18(14-31-25)36-9-7-29-8-10-36/h1-6,11-15,29H,7-10H2,(H,31,33)(H,32,35). The third-order valence-electron chi connectivity index (χ3n) is 6.14. The summed E-state index contributed by atoms with van der Waals surface area (Å²) in [4.78, 5) is 16.2. The van der Waals surface area contributed by atoms with Gasteiger partial charge in [-0.3, -0.25) is 10.1 Å². The Hall–Kier alpha value is -4.08. The molecular formula is C26H22ClFN8. The van der Waals surface area contributed by atoms with Gasteiger partial charge in [0.1, 0.15) is 17.3 Å². The van der Waals surface area contributed by atoms with Crippen LogP contribution in [0.2, 0.25) is 5.02 Å². The third-order valence-corrected chi connectivity index (χ3v) is 6.37. The fourth-order valence-electron chi connectivity index (χ4n) is 4.31. The lowest BCUT2D eigenvalue weighted by atomic mass is 10.0. The van der Waals surface area contributed by atoms with Gasteiger partial charge in [-0.2, -0.15) is 5.10 Å². The second-order valence-electron chi connectivity index (χ2n) is 8.49. The van der Waals surface area contributed by atoms with Gasteiger partial charge >= 0.3 is 0 Å². The SMILES string of the molecule is Fc1ccc(Cl)cc1-c1n[nH]cc1-c1ccc2ncc(Nc3ccc(N4CCNCC4)cn3)cc2n1. The number of hydrogen-bond acceptors (Lipinski definition) is 7. The molecule has 0 bridgehead atoms. The Morgan fingerprint density at radius 2 is 1.81 bits per heavy atom. The van der Waals surface area contributed by atoms with Crippen molar-refractivity contribution >= 4 is 39.8 Å². The van der Waals surface area contributed by atoms with Crippen molar-refractivity contribution in [3.63, 3.8) is 0 Å². The van der Waals surface area contributed by atoms with Crippen LogP contribution < -0.4 is 15.5 Å². The summed E-state index contributed by atoms with van der Waals surface area (Å²) in [6.45, 7) is 3.90. The molecule has 0 atom stereocenters. The quantitative estimate of drug-likeness (QED) is 0.311. The van der Waals surface area contributed by atoms with Crippen LogP contribution in [0.1, 0.15) is 0 Å². The summed E-state index contributed by atoms with van der Waals surface area (Å²) in [6.07, 6.45) is 5.33. The molecule has 1 aromatic carbocycles. The van der Waals surface area contributed by atoms with E-state index in [-0.39, 0.29) is 0 Å². The van der Waals surface area contributed by atoms with Gasteiger partial charge < -0.3 is 15.5 Å². The first-order valence-corrected chi connectivity index (χ1v) is 12.0. The Bertz CT molecular complexity index is 1530. The van der Waals surface area contributed by atoms with E-state index in [4.69, 9.17) is 16.6 Å². The molecule has 1 aliphatic rings. The molecule has 10 heteroatoms. The Balaban J connectivity index is 1.28. The van der Waals surface area contributed by atoms with Gasteiger partial charge in [0.05, 0.1) is 40.5 Å². The van der Waals surface area contributed by atoms with Crippen molar-refractivity contribution < 1.29 is 4.39 Å². The van der Waals surface area contributed by atoms with Crippen molar-refractivity contribution in [3.05, 3.63) is 78.0 Å². The van der Waals surface area contributed by atoms with Gasteiger partial charge in [0.15, 0.2) is 0 Å². The molecule has 8 nitrogen and oxygen atoms in total. The number of fused-ring (bicyclic) bond motifs is 1. The minimum absolute atomic E-state index is 0.310. The number of nitrogens with zero attached hydrogens (tertiary/aromatic N) is 5. The normalized spacial score (nSPS) is 13.8. The molecule has 0 spiro atoms. The highest BCUT2D eigenvalue weighted by molar-refractivity contribution is 6.30. The van der Waals surface area contributed by atoms with E-state index in [0.717, 1.165) is 48.9 Å². The van der Waals surface area contributed by atoms with Crippen LogP contribution in [-0.4, -0.2) is 51.3 Å². The molecule has 1 saturated heterocycles. The molecule has 3 N–H and O–H groups in total. The molecule has 0 aliphatic carbocycles. The number of rotatable bonds is 5. The Labute approximate surface area is 211 Å². The summed E-state index contributed by atoms with van der Waals surface area (Å²) in [5.74, 6) is 0.317. The molecule has 180 valence electrons. The fourth-order valence-corrected chi connectivity index (χ4v) is 4.48. The fraction of sp³-hybridized carbons (Fsp3) is 0.154. The Morgan fingerprint density at radius 3 is 2.64 bits per heavy atom.